The van der Waals surface area contributed by atoms with Crippen LogP contribution in [0.1, 0.15) is 10.4 Å². The minimum atomic E-state index is -0.617. The summed E-state index contributed by atoms with van der Waals surface area (Å²) in [5.74, 6) is -0.456. The topological polar surface area (TPSA) is 58.2 Å². The molecule has 0 aromatic heterocycles. The maximum Gasteiger partial charge on any atom is 0.327 e. The van der Waals surface area contributed by atoms with Gasteiger partial charge in [0.05, 0.1) is 0 Å². The lowest BCUT2D eigenvalue weighted by molar-refractivity contribution is 0.0965. The molecule has 0 atom stereocenters. The molecule has 0 aliphatic carbocycles. The molecule has 0 radical (unpaired) electrons. The molecule has 84 valence electrons. The minimum absolute atomic E-state index is 0.318. The normalized spacial score (nSPS) is 9.31. The molecule has 6 heteroatoms. The summed E-state index contributed by atoms with van der Waals surface area (Å²) >= 11 is 6.00. The fourth-order valence-corrected chi connectivity index (χ4v) is 1.23. The third-order valence-corrected chi connectivity index (χ3v) is 2.74. The summed E-state index contributed by atoms with van der Waals surface area (Å²) in [5, 5.41) is 4.53. The Balaban J connectivity index is 2.52. The van der Waals surface area contributed by atoms with Crippen LogP contribution in [0.25, 0.3) is 0 Å². The standard InChI is InChI=1S/C10H10N2O2S2/c1-16-10(15)12-9(14)11-8(13)7-5-3-2-4-6-7/h2-6H,1H3,(H2,11,12,13,14,15). The molecule has 0 fully saturated rings. The Bertz CT molecular complexity index is 407. The van der Waals surface area contributed by atoms with Gasteiger partial charge in [-0.2, -0.15) is 0 Å². The molecule has 2 N–H and O–H groups in total. The van der Waals surface area contributed by atoms with E-state index in [2.05, 4.69) is 10.6 Å². The molecule has 16 heavy (non-hydrogen) atoms. The van der Waals surface area contributed by atoms with Crippen LogP contribution in [0.5, 0.6) is 0 Å². The van der Waals surface area contributed by atoms with Crippen LogP contribution < -0.4 is 10.6 Å². The van der Waals surface area contributed by atoms with E-state index in [9.17, 15) is 9.59 Å². The molecule has 3 amide bonds. The van der Waals surface area contributed by atoms with Crippen molar-refractivity contribution in [1.29, 1.82) is 0 Å². The van der Waals surface area contributed by atoms with Gasteiger partial charge in [-0.15, -0.1) is 11.8 Å². The van der Waals surface area contributed by atoms with E-state index in [1.54, 1.807) is 36.6 Å². The Hall–Kier alpha value is -1.40. The van der Waals surface area contributed by atoms with Gasteiger partial charge < -0.3 is 0 Å². The number of thioether (sulfide) groups is 1. The summed E-state index contributed by atoms with van der Waals surface area (Å²) in [6.45, 7) is 0. The average molecular weight is 254 g/mol. The van der Waals surface area contributed by atoms with E-state index in [0.717, 1.165) is 0 Å². The first kappa shape index (κ1) is 12.7. The Morgan fingerprint density at radius 1 is 1.19 bits per heavy atom. The summed E-state index contributed by atoms with van der Waals surface area (Å²) in [7, 11) is 0. The lowest BCUT2D eigenvalue weighted by Gasteiger charge is -2.05. The van der Waals surface area contributed by atoms with Crippen LogP contribution >= 0.6 is 24.0 Å². The summed E-state index contributed by atoms with van der Waals surface area (Å²) in [5.41, 5.74) is 0.424. The van der Waals surface area contributed by atoms with Gasteiger partial charge in [0.1, 0.15) is 4.32 Å². The highest BCUT2D eigenvalue weighted by Gasteiger charge is 2.09. The van der Waals surface area contributed by atoms with Crippen molar-refractivity contribution >= 4 is 40.2 Å². The second-order valence-corrected chi connectivity index (χ2v) is 4.25. The molecule has 1 rings (SSSR count). The lowest BCUT2D eigenvalue weighted by Crippen LogP contribution is -2.40. The number of carbonyl (C=O) groups is 2. The molecule has 0 aliphatic rings. The molecule has 0 unspecified atom stereocenters. The lowest BCUT2D eigenvalue weighted by atomic mass is 10.2. The van der Waals surface area contributed by atoms with E-state index in [1.165, 1.54) is 11.8 Å². The van der Waals surface area contributed by atoms with Gasteiger partial charge in [-0.05, 0) is 18.4 Å². The van der Waals surface area contributed by atoms with E-state index in [4.69, 9.17) is 12.2 Å². The van der Waals surface area contributed by atoms with Crippen molar-refractivity contribution in [1.82, 2.24) is 10.6 Å². The average Bonchev–Trinajstić information content (AvgIpc) is 2.29. The van der Waals surface area contributed by atoms with E-state index < -0.39 is 11.9 Å². The number of carbonyl (C=O) groups excluding carboxylic acids is 2. The van der Waals surface area contributed by atoms with Gasteiger partial charge in [0.25, 0.3) is 5.91 Å². The molecule has 1 aromatic carbocycles. The number of hydrogen-bond acceptors (Lipinski definition) is 4. The quantitative estimate of drug-likeness (QED) is 0.750. The number of urea groups is 1. The fraction of sp³-hybridized carbons (Fsp3) is 0.100. The number of hydrogen-bond donors (Lipinski definition) is 2. The molecule has 4 nitrogen and oxygen atoms in total. The number of imide groups is 1. The number of nitrogens with one attached hydrogen (secondary N) is 2. The molecule has 0 saturated carbocycles. The maximum atomic E-state index is 11.5. The molecule has 0 saturated heterocycles. The first-order chi connectivity index (χ1) is 7.63. The van der Waals surface area contributed by atoms with E-state index >= 15 is 0 Å². The zero-order valence-corrected chi connectivity index (χ0v) is 10.2. The summed E-state index contributed by atoms with van der Waals surface area (Å²) in [4.78, 5) is 22.8. The molecule has 0 bridgehead atoms. The predicted octanol–water partition coefficient (Wildman–Crippen LogP) is 1.77. The van der Waals surface area contributed by atoms with Gasteiger partial charge in [0.15, 0.2) is 0 Å². The third kappa shape index (κ3) is 4.00. The fourth-order valence-electron chi connectivity index (χ4n) is 0.940. The first-order valence-corrected chi connectivity index (χ1v) is 6.02. The molecule has 1 aromatic rings. The maximum absolute atomic E-state index is 11.5. The number of rotatable bonds is 1. The monoisotopic (exact) mass is 254 g/mol. The van der Waals surface area contributed by atoms with Crippen LogP contribution in [-0.2, 0) is 0 Å². The second-order valence-electron chi connectivity index (χ2n) is 2.77. The van der Waals surface area contributed by atoms with Gasteiger partial charge >= 0.3 is 6.03 Å². The van der Waals surface area contributed by atoms with E-state index in [0.29, 0.717) is 9.88 Å². The Labute approximate surface area is 103 Å². The summed E-state index contributed by atoms with van der Waals surface area (Å²) in [6.07, 6.45) is 1.74. The van der Waals surface area contributed by atoms with Crippen molar-refractivity contribution in [2.75, 3.05) is 6.26 Å². The van der Waals surface area contributed by atoms with Crippen molar-refractivity contribution in [3.63, 3.8) is 0 Å². The molecule has 0 spiro atoms. The van der Waals surface area contributed by atoms with Gasteiger partial charge in [-0.25, -0.2) is 4.79 Å². The van der Waals surface area contributed by atoms with Crippen molar-refractivity contribution < 1.29 is 9.59 Å². The van der Waals surface area contributed by atoms with E-state index in [1.807, 2.05) is 0 Å². The summed E-state index contributed by atoms with van der Waals surface area (Å²) < 4.78 is 0.318. The number of thiocarbonyl (C=S) groups is 1. The Morgan fingerprint density at radius 3 is 2.38 bits per heavy atom. The Morgan fingerprint density at radius 2 is 1.81 bits per heavy atom. The second kappa shape index (κ2) is 6.24. The van der Waals surface area contributed by atoms with Gasteiger partial charge in [-0.1, -0.05) is 30.4 Å². The largest absolute Gasteiger partial charge is 0.327 e. The highest BCUT2D eigenvalue weighted by atomic mass is 32.2. The van der Waals surface area contributed by atoms with Crippen molar-refractivity contribution in [3.05, 3.63) is 35.9 Å². The van der Waals surface area contributed by atoms with Gasteiger partial charge in [-0.3, -0.25) is 15.4 Å². The highest BCUT2D eigenvalue weighted by molar-refractivity contribution is 8.22. The van der Waals surface area contributed by atoms with Gasteiger partial charge in [0, 0.05) is 5.56 Å². The zero-order chi connectivity index (χ0) is 12.0. The van der Waals surface area contributed by atoms with Crippen molar-refractivity contribution in [2.45, 2.75) is 0 Å². The van der Waals surface area contributed by atoms with Crippen LogP contribution in [0.2, 0.25) is 0 Å². The van der Waals surface area contributed by atoms with E-state index in [-0.39, 0.29) is 0 Å². The molecular formula is C10H10N2O2S2. The smallest absolute Gasteiger partial charge is 0.293 e. The Kier molecular flexibility index (Phi) is 4.94. The number of amides is 3. The van der Waals surface area contributed by atoms with Crippen LogP contribution in [0.3, 0.4) is 0 Å². The SMILES string of the molecule is CSC(=S)NC(=O)NC(=O)c1ccccc1. The predicted molar refractivity (Wildman–Crippen MR) is 68.6 cm³/mol. The van der Waals surface area contributed by atoms with Crippen LogP contribution in [0, 0.1) is 0 Å². The van der Waals surface area contributed by atoms with Crippen molar-refractivity contribution in [3.8, 4) is 0 Å². The first-order valence-electron chi connectivity index (χ1n) is 4.39. The van der Waals surface area contributed by atoms with Crippen LogP contribution in [-0.4, -0.2) is 22.5 Å². The minimum Gasteiger partial charge on any atom is -0.293 e. The number of benzene rings is 1. The van der Waals surface area contributed by atoms with Crippen molar-refractivity contribution in [2.24, 2.45) is 0 Å². The summed E-state index contributed by atoms with van der Waals surface area (Å²) in [6, 6.07) is 7.86. The molecule has 0 aliphatic heterocycles. The molecular weight excluding hydrogens is 244 g/mol. The van der Waals surface area contributed by atoms with Crippen LogP contribution in [0.15, 0.2) is 30.3 Å². The third-order valence-electron chi connectivity index (χ3n) is 1.66. The zero-order valence-electron chi connectivity index (χ0n) is 8.52. The van der Waals surface area contributed by atoms with Gasteiger partial charge in [0.2, 0.25) is 0 Å². The highest BCUT2D eigenvalue weighted by Crippen LogP contribution is 1.98. The van der Waals surface area contributed by atoms with Crippen LogP contribution in [0.4, 0.5) is 4.79 Å². The molecule has 0 heterocycles.